The number of carbonyl (C=O) groups is 2. The number of hydrogen-bond acceptors (Lipinski definition) is 3. The number of aromatic carboxylic acids is 1. The SMILES string of the molecule is Cc1csc(C(=O)O)c1NC(=O)C1CCCCC1. The second-order valence-electron chi connectivity index (χ2n) is 4.75. The van der Waals surface area contributed by atoms with Gasteiger partial charge in [0, 0.05) is 5.92 Å². The van der Waals surface area contributed by atoms with E-state index in [1.54, 1.807) is 5.38 Å². The summed E-state index contributed by atoms with van der Waals surface area (Å²) >= 11 is 1.16. The number of amides is 1. The number of aryl methyl sites for hydroxylation is 1. The minimum atomic E-state index is -0.980. The van der Waals surface area contributed by atoms with Gasteiger partial charge in [-0.15, -0.1) is 11.3 Å². The molecule has 0 atom stereocenters. The lowest BCUT2D eigenvalue weighted by atomic mass is 9.88. The number of carboxylic acids is 1. The van der Waals surface area contributed by atoms with Crippen molar-refractivity contribution in [3.8, 4) is 0 Å². The van der Waals surface area contributed by atoms with E-state index in [1.165, 1.54) is 6.42 Å². The zero-order valence-corrected chi connectivity index (χ0v) is 11.2. The number of thiophene rings is 1. The van der Waals surface area contributed by atoms with Gasteiger partial charge < -0.3 is 10.4 Å². The third kappa shape index (κ3) is 2.72. The molecule has 98 valence electrons. The van der Waals surface area contributed by atoms with E-state index in [1.807, 2.05) is 6.92 Å². The molecule has 1 aliphatic rings. The lowest BCUT2D eigenvalue weighted by molar-refractivity contribution is -0.120. The molecule has 1 heterocycles. The summed E-state index contributed by atoms with van der Waals surface area (Å²) in [5.41, 5.74) is 1.30. The van der Waals surface area contributed by atoms with E-state index in [9.17, 15) is 9.59 Å². The maximum Gasteiger partial charge on any atom is 0.348 e. The summed E-state index contributed by atoms with van der Waals surface area (Å²) < 4.78 is 0. The van der Waals surface area contributed by atoms with Crippen LogP contribution in [-0.4, -0.2) is 17.0 Å². The highest BCUT2D eigenvalue weighted by Crippen LogP contribution is 2.30. The third-order valence-corrected chi connectivity index (χ3v) is 4.48. The van der Waals surface area contributed by atoms with Crippen LogP contribution in [0.1, 0.15) is 47.3 Å². The van der Waals surface area contributed by atoms with Crippen LogP contribution in [0.2, 0.25) is 0 Å². The molecule has 1 aromatic heterocycles. The van der Waals surface area contributed by atoms with Crippen LogP contribution in [0.3, 0.4) is 0 Å². The fourth-order valence-electron chi connectivity index (χ4n) is 2.35. The Kier molecular flexibility index (Phi) is 4.01. The Hall–Kier alpha value is -1.36. The first kappa shape index (κ1) is 13.1. The van der Waals surface area contributed by atoms with Crippen molar-refractivity contribution in [3.63, 3.8) is 0 Å². The maximum absolute atomic E-state index is 12.1. The number of anilines is 1. The van der Waals surface area contributed by atoms with Gasteiger partial charge in [0.1, 0.15) is 4.88 Å². The molecule has 1 aromatic rings. The zero-order valence-electron chi connectivity index (χ0n) is 10.4. The molecule has 1 saturated carbocycles. The van der Waals surface area contributed by atoms with Crippen molar-refractivity contribution >= 4 is 28.9 Å². The van der Waals surface area contributed by atoms with Gasteiger partial charge in [0.25, 0.3) is 0 Å². The van der Waals surface area contributed by atoms with Crippen LogP contribution in [0.4, 0.5) is 5.69 Å². The van der Waals surface area contributed by atoms with Crippen LogP contribution in [-0.2, 0) is 4.79 Å². The molecule has 0 bridgehead atoms. The normalized spacial score (nSPS) is 16.5. The second-order valence-corrected chi connectivity index (χ2v) is 5.63. The summed E-state index contributed by atoms with van der Waals surface area (Å²) in [4.78, 5) is 23.4. The molecule has 18 heavy (non-hydrogen) atoms. The number of carbonyl (C=O) groups excluding carboxylic acids is 1. The fraction of sp³-hybridized carbons (Fsp3) is 0.538. The quantitative estimate of drug-likeness (QED) is 0.883. The Bertz CT molecular complexity index is 461. The first-order chi connectivity index (χ1) is 8.59. The van der Waals surface area contributed by atoms with Gasteiger partial charge in [0.15, 0.2) is 0 Å². The molecule has 0 saturated heterocycles. The molecule has 0 unspecified atom stereocenters. The molecule has 1 amide bonds. The zero-order chi connectivity index (χ0) is 13.1. The van der Waals surface area contributed by atoms with Gasteiger partial charge in [-0.1, -0.05) is 19.3 Å². The van der Waals surface area contributed by atoms with E-state index < -0.39 is 5.97 Å². The summed E-state index contributed by atoms with van der Waals surface area (Å²) in [6.07, 6.45) is 5.20. The van der Waals surface area contributed by atoms with E-state index >= 15 is 0 Å². The van der Waals surface area contributed by atoms with Gasteiger partial charge in [-0.25, -0.2) is 4.79 Å². The monoisotopic (exact) mass is 267 g/mol. The number of carboxylic acid groups (broad SMARTS) is 1. The molecule has 0 aliphatic heterocycles. The number of rotatable bonds is 3. The predicted octanol–water partition coefficient (Wildman–Crippen LogP) is 3.27. The van der Waals surface area contributed by atoms with Gasteiger partial charge >= 0.3 is 5.97 Å². The van der Waals surface area contributed by atoms with E-state index in [0.717, 1.165) is 42.6 Å². The van der Waals surface area contributed by atoms with Crippen molar-refractivity contribution in [3.05, 3.63) is 15.8 Å². The van der Waals surface area contributed by atoms with Gasteiger partial charge in [0.2, 0.25) is 5.91 Å². The molecule has 0 spiro atoms. The van der Waals surface area contributed by atoms with Crippen molar-refractivity contribution in [1.82, 2.24) is 0 Å². The second kappa shape index (κ2) is 5.52. The average molecular weight is 267 g/mol. The largest absolute Gasteiger partial charge is 0.477 e. The molecule has 2 rings (SSSR count). The number of hydrogen-bond donors (Lipinski definition) is 2. The summed E-state index contributed by atoms with van der Waals surface area (Å²) in [6.45, 7) is 1.82. The fourth-order valence-corrected chi connectivity index (χ4v) is 3.19. The summed E-state index contributed by atoms with van der Waals surface area (Å²) in [6, 6.07) is 0. The minimum absolute atomic E-state index is 0.0290. The molecule has 1 aliphatic carbocycles. The average Bonchev–Trinajstić information content (AvgIpc) is 2.72. The Balaban J connectivity index is 2.10. The Morgan fingerprint density at radius 2 is 2.00 bits per heavy atom. The molecule has 1 fully saturated rings. The summed E-state index contributed by atoms with van der Waals surface area (Å²) in [5, 5.41) is 13.6. The first-order valence-electron chi connectivity index (χ1n) is 6.22. The molecule has 4 nitrogen and oxygen atoms in total. The van der Waals surface area contributed by atoms with Crippen molar-refractivity contribution in [2.24, 2.45) is 5.92 Å². The highest BCUT2D eigenvalue weighted by Gasteiger charge is 2.24. The van der Waals surface area contributed by atoms with Crippen LogP contribution in [0, 0.1) is 12.8 Å². The first-order valence-corrected chi connectivity index (χ1v) is 7.10. The predicted molar refractivity (Wildman–Crippen MR) is 71.2 cm³/mol. The van der Waals surface area contributed by atoms with Gasteiger partial charge in [0.05, 0.1) is 5.69 Å². The van der Waals surface area contributed by atoms with Crippen molar-refractivity contribution in [1.29, 1.82) is 0 Å². The molecular formula is C13H17NO3S. The minimum Gasteiger partial charge on any atom is -0.477 e. The molecule has 5 heteroatoms. The van der Waals surface area contributed by atoms with Crippen LogP contribution >= 0.6 is 11.3 Å². The highest BCUT2D eigenvalue weighted by molar-refractivity contribution is 7.12. The smallest absolute Gasteiger partial charge is 0.348 e. The molecule has 2 N–H and O–H groups in total. The van der Waals surface area contributed by atoms with Crippen LogP contribution in [0.25, 0.3) is 0 Å². The van der Waals surface area contributed by atoms with Crippen molar-refractivity contribution in [2.45, 2.75) is 39.0 Å². The highest BCUT2D eigenvalue weighted by atomic mass is 32.1. The van der Waals surface area contributed by atoms with Gasteiger partial charge in [-0.3, -0.25) is 4.79 Å². The van der Waals surface area contributed by atoms with E-state index in [0.29, 0.717) is 5.69 Å². The van der Waals surface area contributed by atoms with Crippen LogP contribution < -0.4 is 5.32 Å². The van der Waals surface area contributed by atoms with E-state index in [-0.39, 0.29) is 16.7 Å². The number of nitrogens with one attached hydrogen (secondary N) is 1. The Morgan fingerprint density at radius 3 is 2.61 bits per heavy atom. The summed E-state index contributed by atoms with van der Waals surface area (Å²) in [5.74, 6) is -0.967. The molecular weight excluding hydrogens is 250 g/mol. The lowest BCUT2D eigenvalue weighted by Crippen LogP contribution is -2.25. The van der Waals surface area contributed by atoms with Crippen LogP contribution in [0.5, 0.6) is 0 Å². The van der Waals surface area contributed by atoms with E-state index in [2.05, 4.69) is 5.32 Å². The van der Waals surface area contributed by atoms with Crippen molar-refractivity contribution in [2.75, 3.05) is 5.32 Å². The summed E-state index contributed by atoms with van der Waals surface area (Å²) in [7, 11) is 0. The van der Waals surface area contributed by atoms with Crippen molar-refractivity contribution < 1.29 is 14.7 Å². The lowest BCUT2D eigenvalue weighted by Gasteiger charge is -2.20. The van der Waals surface area contributed by atoms with Gasteiger partial charge in [-0.2, -0.15) is 0 Å². The maximum atomic E-state index is 12.1. The molecule has 0 radical (unpaired) electrons. The molecule has 0 aromatic carbocycles. The van der Waals surface area contributed by atoms with Gasteiger partial charge in [-0.05, 0) is 30.7 Å². The van der Waals surface area contributed by atoms with E-state index in [4.69, 9.17) is 5.11 Å². The standard InChI is InChI=1S/C13H17NO3S/c1-8-7-18-11(13(16)17)10(8)14-12(15)9-5-3-2-4-6-9/h7,9H,2-6H2,1H3,(H,14,15)(H,16,17). The third-order valence-electron chi connectivity index (χ3n) is 3.39. The topological polar surface area (TPSA) is 66.4 Å². The Morgan fingerprint density at radius 1 is 1.33 bits per heavy atom. The van der Waals surface area contributed by atoms with Crippen LogP contribution in [0.15, 0.2) is 5.38 Å². The Labute approximate surface area is 110 Å².